The Bertz CT molecular complexity index is 249. The molecule has 0 fully saturated rings. The van der Waals surface area contributed by atoms with Crippen molar-refractivity contribution in [2.45, 2.75) is 90.9 Å². The molecule has 0 aromatic carbocycles. The zero-order valence-corrected chi connectivity index (χ0v) is 13.4. The van der Waals surface area contributed by atoms with Crippen LogP contribution in [0, 0.1) is 0 Å². The standard InChI is InChI=1S/C17H32O3/c1-3-5-6-7-8-9-10-11-12-13-17(19)20-15-14-16(18)4-2/h3-15H2,1-2H3. The summed E-state index contributed by atoms with van der Waals surface area (Å²) in [7, 11) is 0. The first-order valence-electron chi connectivity index (χ1n) is 8.38. The topological polar surface area (TPSA) is 43.4 Å². The fraction of sp³-hybridized carbons (Fsp3) is 0.882. The average molecular weight is 284 g/mol. The first-order valence-corrected chi connectivity index (χ1v) is 8.38. The van der Waals surface area contributed by atoms with Gasteiger partial charge in [0.05, 0.1) is 6.61 Å². The molecule has 0 aliphatic rings. The molecule has 0 amide bonds. The lowest BCUT2D eigenvalue weighted by molar-refractivity contribution is -0.144. The van der Waals surface area contributed by atoms with Crippen LogP contribution < -0.4 is 0 Å². The predicted octanol–water partition coefficient (Wildman–Crippen LogP) is 4.82. The molecule has 20 heavy (non-hydrogen) atoms. The van der Waals surface area contributed by atoms with Crippen molar-refractivity contribution in [3.63, 3.8) is 0 Å². The van der Waals surface area contributed by atoms with E-state index < -0.39 is 0 Å². The summed E-state index contributed by atoms with van der Waals surface area (Å²) >= 11 is 0. The summed E-state index contributed by atoms with van der Waals surface area (Å²) in [5.74, 6) is -0.00211. The molecule has 0 aromatic rings. The number of carbonyl (C=O) groups is 2. The van der Waals surface area contributed by atoms with Gasteiger partial charge < -0.3 is 4.74 Å². The number of ketones is 1. The molecule has 3 nitrogen and oxygen atoms in total. The number of rotatable bonds is 14. The van der Waals surface area contributed by atoms with Crippen LogP contribution in [0.3, 0.4) is 0 Å². The van der Waals surface area contributed by atoms with Crippen LogP contribution in [0.1, 0.15) is 90.9 Å². The monoisotopic (exact) mass is 284 g/mol. The maximum atomic E-state index is 11.4. The van der Waals surface area contributed by atoms with Crippen LogP contribution in [-0.4, -0.2) is 18.4 Å². The summed E-state index contributed by atoms with van der Waals surface area (Å²) in [4.78, 5) is 22.4. The second kappa shape index (κ2) is 14.5. The SMILES string of the molecule is CCCCCCCCCCCC(=O)OCCC(=O)CC. The molecule has 3 heteroatoms. The molecule has 0 radical (unpaired) electrons. The van der Waals surface area contributed by atoms with E-state index in [0.29, 0.717) is 19.3 Å². The molecule has 0 saturated carbocycles. The van der Waals surface area contributed by atoms with E-state index in [1.807, 2.05) is 6.92 Å². The van der Waals surface area contributed by atoms with Gasteiger partial charge in [0, 0.05) is 19.3 Å². The van der Waals surface area contributed by atoms with Crippen LogP contribution >= 0.6 is 0 Å². The van der Waals surface area contributed by atoms with Crippen molar-refractivity contribution in [1.29, 1.82) is 0 Å². The Hall–Kier alpha value is -0.860. The van der Waals surface area contributed by atoms with Gasteiger partial charge in [0.15, 0.2) is 0 Å². The second-order valence-corrected chi connectivity index (χ2v) is 5.44. The maximum Gasteiger partial charge on any atom is 0.305 e. The molecule has 0 rings (SSSR count). The quantitative estimate of drug-likeness (QED) is 0.339. The summed E-state index contributed by atoms with van der Waals surface area (Å²) in [6.07, 6.45) is 12.6. The van der Waals surface area contributed by atoms with Crippen LogP contribution in [0.25, 0.3) is 0 Å². The molecule has 0 spiro atoms. The van der Waals surface area contributed by atoms with E-state index in [-0.39, 0.29) is 18.4 Å². The number of ether oxygens (including phenoxy) is 1. The van der Waals surface area contributed by atoms with Gasteiger partial charge >= 0.3 is 5.97 Å². The molecule has 0 aromatic heterocycles. The normalized spacial score (nSPS) is 10.5. The maximum absolute atomic E-state index is 11.4. The van der Waals surface area contributed by atoms with E-state index in [1.165, 1.54) is 44.9 Å². The first-order chi connectivity index (χ1) is 9.70. The minimum absolute atomic E-state index is 0.154. The number of Topliss-reactive ketones (excluding diaryl/α,β-unsaturated/α-hetero) is 1. The fourth-order valence-electron chi connectivity index (χ4n) is 2.11. The van der Waals surface area contributed by atoms with Gasteiger partial charge in [-0.3, -0.25) is 9.59 Å². The number of unbranched alkanes of at least 4 members (excludes halogenated alkanes) is 8. The molecule has 0 atom stereocenters. The molecule has 0 aliphatic carbocycles. The third-order valence-corrected chi connectivity index (χ3v) is 3.52. The highest BCUT2D eigenvalue weighted by Crippen LogP contribution is 2.10. The van der Waals surface area contributed by atoms with E-state index >= 15 is 0 Å². The lowest BCUT2D eigenvalue weighted by Crippen LogP contribution is -2.09. The zero-order chi connectivity index (χ0) is 15.1. The Labute approximate surface area is 124 Å². The Kier molecular flexibility index (Phi) is 13.9. The van der Waals surface area contributed by atoms with Crippen LogP contribution in [0.15, 0.2) is 0 Å². The Balaban J connectivity index is 3.21. The molecule has 0 unspecified atom stereocenters. The predicted molar refractivity (Wildman–Crippen MR) is 82.7 cm³/mol. The Morgan fingerprint density at radius 2 is 1.30 bits per heavy atom. The van der Waals surface area contributed by atoms with Crippen molar-refractivity contribution in [3.05, 3.63) is 0 Å². The number of hydrogen-bond donors (Lipinski definition) is 0. The third kappa shape index (κ3) is 13.6. The summed E-state index contributed by atoms with van der Waals surface area (Å²) < 4.78 is 5.03. The van der Waals surface area contributed by atoms with Gasteiger partial charge in [0.2, 0.25) is 0 Å². The molecule has 118 valence electrons. The lowest BCUT2D eigenvalue weighted by Gasteiger charge is -2.04. The smallest absolute Gasteiger partial charge is 0.305 e. The summed E-state index contributed by atoms with van der Waals surface area (Å²) in [5, 5.41) is 0. The van der Waals surface area contributed by atoms with Crippen LogP contribution in [0.5, 0.6) is 0 Å². The van der Waals surface area contributed by atoms with Gasteiger partial charge in [-0.05, 0) is 6.42 Å². The average Bonchev–Trinajstić information content (AvgIpc) is 2.45. The van der Waals surface area contributed by atoms with Gasteiger partial charge in [0.1, 0.15) is 5.78 Å². The van der Waals surface area contributed by atoms with Gasteiger partial charge in [-0.25, -0.2) is 0 Å². The van der Waals surface area contributed by atoms with E-state index in [1.54, 1.807) is 0 Å². The van der Waals surface area contributed by atoms with Crippen LogP contribution in [0.2, 0.25) is 0 Å². The van der Waals surface area contributed by atoms with Crippen molar-refractivity contribution in [3.8, 4) is 0 Å². The first kappa shape index (κ1) is 19.1. The Morgan fingerprint density at radius 1 is 0.750 bits per heavy atom. The minimum Gasteiger partial charge on any atom is -0.465 e. The summed E-state index contributed by atoms with van der Waals surface area (Å²) in [6, 6.07) is 0. The largest absolute Gasteiger partial charge is 0.465 e. The molecule has 0 heterocycles. The van der Waals surface area contributed by atoms with Crippen molar-refractivity contribution in [2.24, 2.45) is 0 Å². The fourth-order valence-corrected chi connectivity index (χ4v) is 2.11. The van der Waals surface area contributed by atoms with Gasteiger partial charge in [-0.1, -0.05) is 65.2 Å². The van der Waals surface area contributed by atoms with Crippen molar-refractivity contribution < 1.29 is 14.3 Å². The van der Waals surface area contributed by atoms with E-state index in [9.17, 15) is 9.59 Å². The molecule has 0 bridgehead atoms. The van der Waals surface area contributed by atoms with E-state index in [0.717, 1.165) is 12.8 Å². The van der Waals surface area contributed by atoms with E-state index in [4.69, 9.17) is 4.74 Å². The van der Waals surface area contributed by atoms with Crippen molar-refractivity contribution in [1.82, 2.24) is 0 Å². The molecule has 0 saturated heterocycles. The summed E-state index contributed by atoms with van der Waals surface area (Å²) in [6.45, 7) is 4.31. The number of hydrogen-bond acceptors (Lipinski definition) is 3. The van der Waals surface area contributed by atoms with Crippen LogP contribution in [0.4, 0.5) is 0 Å². The Morgan fingerprint density at radius 3 is 1.85 bits per heavy atom. The molecular formula is C17H32O3. The van der Waals surface area contributed by atoms with Crippen molar-refractivity contribution in [2.75, 3.05) is 6.61 Å². The third-order valence-electron chi connectivity index (χ3n) is 3.52. The molecule has 0 N–H and O–H groups in total. The number of carbonyl (C=O) groups excluding carboxylic acids is 2. The van der Waals surface area contributed by atoms with E-state index in [2.05, 4.69) is 6.92 Å². The second-order valence-electron chi connectivity index (χ2n) is 5.44. The highest BCUT2D eigenvalue weighted by Gasteiger charge is 2.04. The zero-order valence-electron chi connectivity index (χ0n) is 13.4. The number of esters is 1. The minimum atomic E-state index is -0.156. The van der Waals surface area contributed by atoms with Gasteiger partial charge in [-0.2, -0.15) is 0 Å². The van der Waals surface area contributed by atoms with Gasteiger partial charge in [-0.15, -0.1) is 0 Å². The van der Waals surface area contributed by atoms with Crippen molar-refractivity contribution >= 4 is 11.8 Å². The summed E-state index contributed by atoms with van der Waals surface area (Å²) in [5.41, 5.74) is 0. The van der Waals surface area contributed by atoms with Gasteiger partial charge in [0.25, 0.3) is 0 Å². The molecular weight excluding hydrogens is 252 g/mol. The highest BCUT2D eigenvalue weighted by molar-refractivity contribution is 5.78. The molecule has 0 aliphatic heterocycles. The highest BCUT2D eigenvalue weighted by atomic mass is 16.5. The lowest BCUT2D eigenvalue weighted by atomic mass is 10.1. The van der Waals surface area contributed by atoms with Crippen LogP contribution in [-0.2, 0) is 14.3 Å².